The number of hydrogen-bond acceptors (Lipinski definition) is 4. The molecule has 0 fully saturated rings. The van der Waals surface area contributed by atoms with Crippen LogP contribution in [0.3, 0.4) is 0 Å². The van der Waals surface area contributed by atoms with Crippen LogP contribution in [0.15, 0.2) is 24.3 Å². The lowest BCUT2D eigenvalue weighted by Gasteiger charge is -2.19. The number of carbonyl (C=O) groups is 2. The Balaban J connectivity index is 1.93. The van der Waals surface area contributed by atoms with E-state index in [1.165, 1.54) is 28.4 Å². The molecule has 1 atom stereocenters. The molecular formula is C19H20F3N2O3S+. The molecule has 1 aliphatic heterocycles. The first-order valence-corrected chi connectivity index (χ1v) is 9.64. The summed E-state index contributed by atoms with van der Waals surface area (Å²) in [6, 6.07) is 4.19. The molecule has 2 heterocycles. The Labute approximate surface area is 164 Å². The van der Waals surface area contributed by atoms with E-state index in [1.54, 1.807) is 6.92 Å². The summed E-state index contributed by atoms with van der Waals surface area (Å²) in [6.07, 6.45) is -3.87. The van der Waals surface area contributed by atoms with E-state index in [0.717, 1.165) is 29.1 Å². The van der Waals surface area contributed by atoms with Crippen LogP contribution in [0.1, 0.15) is 43.6 Å². The summed E-state index contributed by atoms with van der Waals surface area (Å²) in [5.41, 5.74) is 0.142. The minimum atomic E-state index is -4.54. The van der Waals surface area contributed by atoms with Gasteiger partial charge in [-0.25, -0.2) is 4.79 Å². The van der Waals surface area contributed by atoms with E-state index in [2.05, 4.69) is 5.32 Å². The zero-order valence-corrected chi connectivity index (χ0v) is 16.2. The Kier molecular flexibility index (Phi) is 5.76. The molecule has 5 nitrogen and oxygen atoms in total. The van der Waals surface area contributed by atoms with Crippen molar-refractivity contribution >= 4 is 28.2 Å². The minimum Gasteiger partial charge on any atom is -0.462 e. The predicted octanol–water partition coefficient (Wildman–Crippen LogP) is 2.77. The van der Waals surface area contributed by atoms with Gasteiger partial charge in [-0.15, -0.1) is 11.3 Å². The lowest BCUT2D eigenvalue weighted by molar-refractivity contribution is -0.895. The van der Waals surface area contributed by atoms with Crippen molar-refractivity contribution < 1.29 is 32.4 Å². The molecule has 1 aromatic carbocycles. The van der Waals surface area contributed by atoms with E-state index in [1.807, 2.05) is 7.05 Å². The van der Waals surface area contributed by atoms with Gasteiger partial charge in [0.05, 0.1) is 36.2 Å². The smallest absolute Gasteiger partial charge is 0.416 e. The van der Waals surface area contributed by atoms with Gasteiger partial charge in [0.25, 0.3) is 5.91 Å². The highest BCUT2D eigenvalue weighted by atomic mass is 32.1. The molecule has 0 spiro atoms. The molecule has 1 aliphatic rings. The lowest BCUT2D eigenvalue weighted by Crippen LogP contribution is -3.08. The van der Waals surface area contributed by atoms with Gasteiger partial charge in [0, 0.05) is 12.0 Å². The van der Waals surface area contributed by atoms with Gasteiger partial charge in [-0.1, -0.05) is 6.07 Å². The van der Waals surface area contributed by atoms with E-state index < -0.39 is 23.6 Å². The van der Waals surface area contributed by atoms with E-state index in [-0.39, 0.29) is 12.2 Å². The molecule has 1 aromatic heterocycles. The summed E-state index contributed by atoms with van der Waals surface area (Å²) in [4.78, 5) is 27.3. The molecule has 9 heteroatoms. The number of alkyl halides is 3. The molecule has 2 N–H and O–H groups in total. The van der Waals surface area contributed by atoms with E-state index in [9.17, 15) is 22.8 Å². The first-order chi connectivity index (χ1) is 13.2. The molecule has 0 saturated carbocycles. The number of nitrogens with one attached hydrogen (secondary N) is 2. The van der Waals surface area contributed by atoms with Gasteiger partial charge in [-0.05, 0) is 30.7 Å². The number of anilines is 1. The van der Waals surface area contributed by atoms with E-state index in [0.29, 0.717) is 23.5 Å². The second kappa shape index (κ2) is 7.92. The van der Waals surface area contributed by atoms with Gasteiger partial charge >= 0.3 is 12.1 Å². The van der Waals surface area contributed by atoms with Crippen molar-refractivity contribution in [1.29, 1.82) is 0 Å². The van der Waals surface area contributed by atoms with Crippen LogP contribution < -0.4 is 10.2 Å². The third-order valence-electron chi connectivity index (χ3n) is 4.51. The molecule has 1 amide bonds. The number of halogens is 3. The fourth-order valence-corrected chi connectivity index (χ4v) is 4.48. The molecule has 0 bridgehead atoms. The van der Waals surface area contributed by atoms with Crippen LogP contribution in [0.25, 0.3) is 0 Å². The number of benzene rings is 1. The summed E-state index contributed by atoms with van der Waals surface area (Å²) in [7, 11) is 2.04. The third-order valence-corrected chi connectivity index (χ3v) is 5.66. The second-order valence-electron chi connectivity index (χ2n) is 6.59. The summed E-state index contributed by atoms with van der Waals surface area (Å²) in [6.45, 7) is 3.44. The van der Waals surface area contributed by atoms with Crippen LogP contribution in [0, 0.1) is 0 Å². The highest BCUT2D eigenvalue weighted by Crippen LogP contribution is 2.36. The topological polar surface area (TPSA) is 59.8 Å². The lowest BCUT2D eigenvalue weighted by atomic mass is 10.0. The number of amides is 1. The van der Waals surface area contributed by atoms with Gasteiger partial charge in [-0.3, -0.25) is 4.79 Å². The van der Waals surface area contributed by atoms with Crippen LogP contribution in [-0.2, 0) is 23.9 Å². The first-order valence-electron chi connectivity index (χ1n) is 8.82. The second-order valence-corrected chi connectivity index (χ2v) is 7.70. The maximum Gasteiger partial charge on any atom is 0.416 e. The van der Waals surface area contributed by atoms with Gasteiger partial charge in [0.1, 0.15) is 11.5 Å². The highest BCUT2D eigenvalue weighted by Gasteiger charge is 2.32. The average Bonchev–Trinajstić information content (AvgIpc) is 2.98. The number of quaternary nitrogens is 1. The summed E-state index contributed by atoms with van der Waals surface area (Å²) < 4.78 is 43.9. The summed E-state index contributed by atoms with van der Waals surface area (Å²) in [5, 5.41) is 2.94. The molecule has 0 radical (unpaired) electrons. The standard InChI is InChI=1S/C19H19F3N2O3S/c1-3-27-18(26)15-13-7-8-24(2)10-14(13)28-17(15)23-16(25)11-5-4-6-12(9-11)19(20,21)22/h4-6,9H,3,7-8,10H2,1-2H3,(H,23,25)/p+1. The SMILES string of the molecule is CCOC(=O)c1c(NC(=O)c2cccc(C(F)(F)F)c2)sc2c1CC[NH+](C)C2. The molecule has 0 aliphatic carbocycles. The molecule has 2 aromatic rings. The Bertz CT molecular complexity index is 908. The largest absolute Gasteiger partial charge is 0.462 e. The average molecular weight is 413 g/mol. The van der Waals surface area contributed by atoms with Gasteiger partial charge in [0.2, 0.25) is 0 Å². The number of ether oxygens (including phenoxy) is 1. The van der Waals surface area contributed by atoms with Gasteiger partial charge < -0.3 is 15.0 Å². The van der Waals surface area contributed by atoms with Crippen molar-refractivity contribution in [2.75, 3.05) is 25.5 Å². The Hall–Kier alpha value is -2.39. The molecule has 150 valence electrons. The zero-order chi connectivity index (χ0) is 20.5. The Morgan fingerprint density at radius 2 is 2.07 bits per heavy atom. The van der Waals surface area contributed by atoms with Crippen LogP contribution in [0.5, 0.6) is 0 Å². The minimum absolute atomic E-state index is 0.126. The number of thiophene rings is 1. The van der Waals surface area contributed by atoms with Crippen LogP contribution >= 0.6 is 11.3 Å². The van der Waals surface area contributed by atoms with Crippen LogP contribution in [0.4, 0.5) is 18.2 Å². The van der Waals surface area contributed by atoms with Gasteiger partial charge in [-0.2, -0.15) is 13.2 Å². The fraction of sp³-hybridized carbons (Fsp3) is 0.368. The Morgan fingerprint density at radius 1 is 1.32 bits per heavy atom. The van der Waals surface area contributed by atoms with Gasteiger partial charge in [0.15, 0.2) is 0 Å². The summed E-state index contributed by atoms with van der Waals surface area (Å²) in [5.74, 6) is -1.23. The highest BCUT2D eigenvalue weighted by molar-refractivity contribution is 7.17. The summed E-state index contributed by atoms with van der Waals surface area (Å²) >= 11 is 1.28. The van der Waals surface area contributed by atoms with Crippen molar-refractivity contribution in [1.82, 2.24) is 0 Å². The van der Waals surface area contributed by atoms with E-state index in [4.69, 9.17) is 4.74 Å². The van der Waals surface area contributed by atoms with Crippen molar-refractivity contribution in [3.05, 3.63) is 51.4 Å². The number of carbonyl (C=O) groups excluding carboxylic acids is 2. The number of likely N-dealkylation sites (N-methyl/N-ethyl adjacent to an activating group) is 1. The van der Waals surface area contributed by atoms with E-state index >= 15 is 0 Å². The molecule has 28 heavy (non-hydrogen) atoms. The molecular weight excluding hydrogens is 393 g/mol. The molecule has 0 saturated heterocycles. The number of fused-ring (bicyclic) bond motifs is 1. The van der Waals surface area contributed by atoms with Crippen molar-refractivity contribution in [2.45, 2.75) is 26.1 Å². The number of esters is 1. The maximum absolute atomic E-state index is 12.9. The first kappa shape index (κ1) is 20.3. The van der Waals surface area contributed by atoms with Crippen molar-refractivity contribution in [3.8, 4) is 0 Å². The predicted molar refractivity (Wildman–Crippen MR) is 98.8 cm³/mol. The number of hydrogen-bond donors (Lipinski definition) is 2. The number of rotatable bonds is 4. The monoisotopic (exact) mass is 413 g/mol. The van der Waals surface area contributed by atoms with Crippen molar-refractivity contribution in [2.24, 2.45) is 0 Å². The molecule has 1 unspecified atom stereocenters. The fourth-order valence-electron chi connectivity index (χ4n) is 3.14. The quantitative estimate of drug-likeness (QED) is 0.758. The normalized spacial score (nSPS) is 16.4. The zero-order valence-electron chi connectivity index (χ0n) is 15.4. The van der Waals surface area contributed by atoms with Crippen molar-refractivity contribution in [3.63, 3.8) is 0 Å². The maximum atomic E-state index is 12.9. The third kappa shape index (κ3) is 4.20. The Morgan fingerprint density at radius 3 is 2.75 bits per heavy atom. The van der Waals surface area contributed by atoms with Crippen LogP contribution in [0.2, 0.25) is 0 Å². The van der Waals surface area contributed by atoms with Crippen LogP contribution in [-0.4, -0.2) is 32.1 Å². The molecule has 3 rings (SSSR count).